The second-order valence-electron chi connectivity index (χ2n) is 7.45. The molecule has 0 aliphatic carbocycles. The molecule has 0 saturated carbocycles. The number of benzene rings is 1. The van der Waals surface area contributed by atoms with Crippen molar-refractivity contribution in [3.63, 3.8) is 0 Å². The summed E-state index contributed by atoms with van der Waals surface area (Å²) in [5, 5.41) is 7.78. The Balaban J connectivity index is 1.56. The fraction of sp³-hybridized carbons (Fsp3) is 0.421. The zero-order valence-corrected chi connectivity index (χ0v) is 17.9. The first-order valence-corrected chi connectivity index (χ1v) is 10.9. The van der Waals surface area contributed by atoms with Crippen molar-refractivity contribution in [1.82, 2.24) is 24.5 Å². The van der Waals surface area contributed by atoms with Gasteiger partial charge in [0.15, 0.2) is 0 Å². The number of aromatic amines is 1. The number of hydrogen-bond donors (Lipinski definition) is 1. The number of rotatable bonds is 4. The average Bonchev–Trinajstić information content (AvgIpc) is 3.06. The molecule has 1 saturated heterocycles. The Hall–Kier alpha value is -2.72. The molecule has 154 valence electrons. The van der Waals surface area contributed by atoms with Gasteiger partial charge in [-0.2, -0.15) is 9.40 Å². The van der Waals surface area contributed by atoms with E-state index >= 15 is 0 Å². The predicted octanol–water partition coefficient (Wildman–Crippen LogP) is 1.55. The van der Waals surface area contributed by atoms with Crippen LogP contribution in [0.4, 0.5) is 11.5 Å². The normalized spacial score (nSPS) is 15.8. The highest BCUT2D eigenvalue weighted by Gasteiger charge is 2.32. The summed E-state index contributed by atoms with van der Waals surface area (Å²) in [5.41, 5.74) is 3.02. The van der Waals surface area contributed by atoms with E-state index in [1.807, 2.05) is 31.1 Å². The molecule has 2 aromatic heterocycles. The van der Waals surface area contributed by atoms with Crippen molar-refractivity contribution in [2.24, 2.45) is 0 Å². The first-order chi connectivity index (χ1) is 13.8. The maximum Gasteiger partial charge on any atom is 0.246 e. The zero-order chi connectivity index (χ0) is 20.8. The Morgan fingerprint density at radius 3 is 2.41 bits per heavy atom. The van der Waals surface area contributed by atoms with Gasteiger partial charge in [0.25, 0.3) is 0 Å². The smallest absolute Gasteiger partial charge is 0.246 e. The molecular weight excluding hydrogens is 390 g/mol. The van der Waals surface area contributed by atoms with Gasteiger partial charge in [-0.3, -0.25) is 5.10 Å². The average molecular weight is 416 g/mol. The third kappa shape index (κ3) is 3.42. The molecular formula is C19H25N7O2S. The maximum absolute atomic E-state index is 13.1. The van der Waals surface area contributed by atoms with E-state index in [2.05, 4.69) is 31.1 Å². The van der Waals surface area contributed by atoms with Crippen LogP contribution in [0.15, 0.2) is 29.4 Å². The Labute approximate surface area is 170 Å². The lowest BCUT2D eigenvalue weighted by Gasteiger charge is -2.35. The number of nitrogens with one attached hydrogen (secondary N) is 1. The molecule has 3 aromatic rings. The van der Waals surface area contributed by atoms with Crippen LogP contribution in [0, 0.1) is 13.8 Å². The van der Waals surface area contributed by atoms with Crippen LogP contribution in [-0.2, 0) is 10.0 Å². The summed E-state index contributed by atoms with van der Waals surface area (Å²) < 4.78 is 27.7. The van der Waals surface area contributed by atoms with Crippen LogP contribution >= 0.6 is 0 Å². The maximum atomic E-state index is 13.1. The minimum Gasteiger partial charge on any atom is -0.369 e. The number of H-pyrrole nitrogens is 1. The highest BCUT2D eigenvalue weighted by molar-refractivity contribution is 7.89. The third-order valence-electron chi connectivity index (χ3n) is 5.28. The highest BCUT2D eigenvalue weighted by Crippen LogP contribution is 2.28. The fourth-order valence-electron chi connectivity index (χ4n) is 3.82. The first kappa shape index (κ1) is 19.6. The van der Waals surface area contributed by atoms with Crippen molar-refractivity contribution in [1.29, 1.82) is 0 Å². The van der Waals surface area contributed by atoms with Crippen LogP contribution < -0.4 is 9.80 Å². The second kappa shape index (κ2) is 7.27. The summed E-state index contributed by atoms with van der Waals surface area (Å²) in [6, 6.07) is 6.10. The van der Waals surface area contributed by atoms with Gasteiger partial charge in [-0.1, -0.05) is 0 Å². The SMILES string of the molecule is Cc1n[nH]c(C)c1S(=O)(=O)N1CCN(c2ccc3ncnc(N(C)C)c3c2)CC1. The van der Waals surface area contributed by atoms with Crippen LogP contribution in [-0.4, -0.2) is 73.2 Å². The molecule has 3 heterocycles. The number of nitrogens with zero attached hydrogens (tertiary/aromatic N) is 6. The largest absolute Gasteiger partial charge is 0.369 e. The Bertz CT molecular complexity index is 1130. The first-order valence-electron chi connectivity index (χ1n) is 9.48. The van der Waals surface area contributed by atoms with E-state index in [1.54, 1.807) is 24.5 Å². The van der Waals surface area contributed by atoms with E-state index in [-0.39, 0.29) is 0 Å². The van der Waals surface area contributed by atoms with E-state index in [9.17, 15) is 8.42 Å². The lowest BCUT2D eigenvalue weighted by molar-refractivity contribution is 0.384. The van der Waals surface area contributed by atoms with Crippen molar-refractivity contribution in [2.45, 2.75) is 18.7 Å². The predicted molar refractivity (Wildman–Crippen MR) is 113 cm³/mol. The topological polar surface area (TPSA) is 98.3 Å². The van der Waals surface area contributed by atoms with E-state index in [1.165, 1.54) is 0 Å². The lowest BCUT2D eigenvalue weighted by Crippen LogP contribution is -2.48. The second-order valence-corrected chi connectivity index (χ2v) is 9.32. The van der Waals surface area contributed by atoms with Crippen molar-refractivity contribution < 1.29 is 8.42 Å². The van der Waals surface area contributed by atoms with Gasteiger partial charge in [-0.25, -0.2) is 18.4 Å². The summed E-state index contributed by atoms with van der Waals surface area (Å²) in [5.74, 6) is 0.865. The molecule has 10 heteroatoms. The molecule has 1 aliphatic heterocycles. The van der Waals surface area contributed by atoms with Crippen LogP contribution in [0.5, 0.6) is 0 Å². The molecule has 0 amide bonds. The van der Waals surface area contributed by atoms with Crippen molar-refractivity contribution in [3.05, 3.63) is 35.9 Å². The van der Waals surface area contributed by atoms with Gasteiger partial charge in [0, 0.05) is 51.3 Å². The quantitative estimate of drug-likeness (QED) is 0.690. The molecule has 4 rings (SSSR count). The van der Waals surface area contributed by atoms with E-state index in [4.69, 9.17) is 0 Å². The summed E-state index contributed by atoms with van der Waals surface area (Å²) in [6.07, 6.45) is 1.57. The summed E-state index contributed by atoms with van der Waals surface area (Å²) in [6.45, 7) is 5.54. The number of sulfonamides is 1. The fourth-order valence-corrected chi connectivity index (χ4v) is 5.57. The molecule has 1 aliphatic rings. The number of fused-ring (bicyclic) bond motifs is 1. The van der Waals surface area contributed by atoms with Crippen LogP contribution in [0.3, 0.4) is 0 Å². The molecule has 1 fully saturated rings. The molecule has 0 unspecified atom stereocenters. The van der Waals surface area contributed by atoms with E-state index < -0.39 is 10.0 Å². The molecule has 29 heavy (non-hydrogen) atoms. The van der Waals surface area contributed by atoms with Gasteiger partial charge in [0.2, 0.25) is 10.0 Å². The Morgan fingerprint density at radius 2 is 1.79 bits per heavy atom. The van der Waals surface area contributed by atoms with Crippen molar-refractivity contribution >= 4 is 32.4 Å². The van der Waals surface area contributed by atoms with E-state index in [0.29, 0.717) is 42.5 Å². The summed E-state index contributed by atoms with van der Waals surface area (Å²) in [4.78, 5) is 13.2. The van der Waals surface area contributed by atoms with Gasteiger partial charge in [0.1, 0.15) is 17.0 Å². The minimum absolute atomic E-state index is 0.296. The molecule has 9 nitrogen and oxygen atoms in total. The van der Waals surface area contributed by atoms with Crippen LogP contribution in [0.25, 0.3) is 10.9 Å². The van der Waals surface area contributed by atoms with Gasteiger partial charge >= 0.3 is 0 Å². The molecule has 0 bridgehead atoms. The minimum atomic E-state index is -3.55. The van der Waals surface area contributed by atoms with Gasteiger partial charge in [-0.15, -0.1) is 0 Å². The van der Waals surface area contributed by atoms with Crippen molar-refractivity contribution in [2.75, 3.05) is 50.1 Å². The van der Waals surface area contributed by atoms with Gasteiger partial charge in [-0.05, 0) is 32.0 Å². The van der Waals surface area contributed by atoms with Gasteiger partial charge in [0.05, 0.1) is 16.9 Å². The standard InChI is InChI=1S/C19H25N7O2S/c1-13-18(14(2)23-22-13)29(27,28)26-9-7-25(8-10-26)15-5-6-17-16(11-15)19(24(3)4)21-12-20-17/h5-6,11-12H,7-10H2,1-4H3,(H,22,23). The number of hydrogen-bond acceptors (Lipinski definition) is 7. The zero-order valence-electron chi connectivity index (χ0n) is 17.0. The van der Waals surface area contributed by atoms with Gasteiger partial charge < -0.3 is 9.80 Å². The number of aromatic nitrogens is 4. The molecule has 0 radical (unpaired) electrons. The molecule has 1 aromatic carbocycles. The monoisotopic (exact) mass is 415 g/mol. The molecule has 1 N–H and O–H groups in total. The number of anilines is 2. The Kier molecular flexibility index (Phi) is 4.91. The summed E-state index contributed by atoms with van der Waals surface area (Å²) >= 11 is 0. The third-order valence-corrected chi connectivity index (χ3v) is 7.45. The van der Waals surface area contributed by atoms with Crippen LogP contribution in [0.1, 0.15) is 11.4 Å². The Morgan fingerprint density at radius 1 is 1.07 bits per heavy atom. The molecule has 0 atom stereocenters. The highest BCUT2D eigenvalue weighted by atomic mass is 32.2. The lowest BCUT2D eigenvalue weighted by atomic mass is 10.1. The van der Waals surface area contributed by atoms with E-state index in [0.717, 1.165) is 22.4 Å². The number of piperazine rings is 1. The van der Waals surface area contributed by atoms with Crippen LogP contribution in [0.2, 0.25) is 0 Å². The number of aryl methyl sites for hydroxylation is 2. The summed E-state index contributed by atoms with van der Waals surface area (Å²) in [7, 11) is 0.361. The molecule has 0 spiro atoms. The van der Waals surface area contributed by atoms with Crippen molar-refractivity contribution in [3.8, 4) is 0 Å².